The van der Waals surface area contributed by atoms with Crippen molar-refractivity contribution < 1.29 is 9.53 Å². The van der Waals surface area contributed by atoms with Crippen LogP contribution in [0.15, 0.2) is 18.2 Å². The van der Waals surface area contributed by atoms with Crippen LogP contribution in [0.5, 0.6) is 0 Å². The van der Waals surface area contributed by atoms with Crippen molar-refractivity contribution in [2.45, 2.75) is 0 Å². The lowest BCUT2D eigenvalue weighted by Gasteiger charge is -2.19. The fraction of sp³-hybridized carbons (Fsp3) is 0.364. The highest BCUT2D eigenvalue weighted by atomic mass is 35.5. The molecule has 0 unspecified atom stereocenters. The van der Waals surface area contributed by atoms with E-state index in [1.807, 2.05) is 24.1 Å². The molecule has 16 heavy (non-hydrogen) atoms. The van der Waals surface area contributed by atoms with Crippen LogP contribution in [0.1, 0.15) is 0 Å². The fourth-order valence-electron chi connectivity index (χ4n) is 1.30. The summed E-state index contributed by atoms with van der Waals surface area (Å²) in [4.78, 5) is 12.4. The molecular formula is C11H15ClN2O2. The quantitative estimate of drug-likeness (QED) is 0.776. The molecule has 88 valence electrons. The summed E-state index contributed by atoms with van der Waals surface area (Å²) in [6.07, 6.45) is 0.630. The van der Waals surface area contributed by atoms with Gasteiger partial charge in [-0.15, -0.1) is 0 Å². The highest BCUT2D eigenvalue weighted by Crippen LogP contribution is 2.24. The van der Waals surface area contributed by atoms with E-state index in [1.165, 1.54) is 0 Å². The second-order valence-electron chi connectivity index (χ2n) is 3.37. The van der Waals surface area contributed by atoms with Gasteiger partial charge in [-0.25, -0.2) is 0 Å². The van der Waals surface area contributed by atoms with E-state index in [9.17, 15) is 4.79 Å². The molecule has 0 saturated carbocycles. The van der Waals surface area contributed by atoms with Gasteiger partial charge < -0.3 is 15.0 Å². The van der Waals surface area contributed by atoms with E-state index in [-0.39, 0.29) is 0 Å². The van der Waals surface area contributed by atoms with Gasteiger partial charge in [0.1, 0.15) is 0 Å². The molecule has 1 rings (SSSR count). The van der Waals surface area contributed by atoms with Gasteiger partial charge in [0, 0.05) is 37.1 Å². The first-order valence-corrected chi connectivity index (χ1v) is 5.26. The Kier molecular flexibility index (Phi) is 5.08. The Morgan fingerprint density at radius 1 is 1.50 bits per heavy atom. The minimum Gasteiger partial charge on any atom is -0.383 e. The zero-order valence-electron chi connectivity index (χ0n) is 9.37. The third-order valence-corrected chi connectivity index (χ3v) is 2.40. The summed E-state index contributed by atoms with van der Waals surface area (Å²) in [5.41, 5.74) is 1.62. The van der Waals surface area contributed by atoms with Gasteiger partial charge in [-0.2, -0.15) is 0 Å². The maximum atomic E-state index is 10.4. The Morgan fingerprint density at radius 3 is 2.88 bits per heavy atom. The van der Waals surface area contributed by atoms with Gasteiger partial charge in [0.2, 0.25) is 6.41 Å². The Bertz CT molecular complexity index is 358. The third kappa shape index (κ3) is 3.72. The number of carbonyl (C=O) groups excluding carboxylic acids is 1. The molecule has 0 aliphatic rings. The van der Waals surface area contributed by atoms with E-state index in [2.05, 4.69) is 5.32 Å². The summed E-state index contributed by atoms with van der Waals surface area (Å²) in [5, 5.41) is 3.17. The molecule has 1 N–H and O–H groups in total. The summed E-state index contributed by atoms with van der Waals surface area (Å²) in [6.45, 7) is 1.40. The Balaban J connectivity index is 2.81. The van der Waals surface area contributed by atoms with Gasteiger partial charge in [0.25, 0.3) is 0 Å². The fourth-order valence-corrected chi connectivity index (χ4v) is 1.53. The summed E-state index contributed by atoms with van der Waals surface area (Å²) in [7, 11) is 3.60. The van der Waals surface area contributed by atoms with Gasteiger partial charge in [0.15, 0.2) is 0 Å². The van der Waals surface area contributed by atoms with Gasteiger partial charge in [-0.3, -0.25) is 4.79 Å². The topological polar surface area (TPSA) is 41.6 Å². The number of benzene rings is 1. The summed E-state index contributed by atoms with van der Waals surface area (Å²) in [6, 6.07) is 5.40. The molecule has 0 aliphatic carbocycles. The van der Waals surface area contributed by atoms with E-state index < -0.39 is 0 Å². The molecule has 0 heterocycles. The van der Waals surface area contributed by atoms with Gasteiger partial charge >= 0.3 is 0 Å². The average Bonchev–Trinajstić information content (AvgIpc) is 2.25. The molecule has 0 atom stereocenters. The number of hydrogen-bond acceptors (Lipinski definition) is 3. The van der Waals surface area contributed by atoms with Crippen LogP contribution in [-0.2, 0) is 9.53 Å². The van der Waals surface area contributed by atoms with Gasteiger partial charge in [-0.05, 0) is 18.2 Å². The largest absolute Gasteiger partial charge is 0.383 e. The van der Waals surface area contributed by atoms with Gasteiger partial charge in [-0.1, -0.05) is 11.6 Å². The number of ether oxygens (including phenoxy) is 1. The van der Waals surface area contributed by atoms with Crippen molar-refractivity contribution in [3.8, 4) is 0 Å². The van der Waals surface area contributed by atoms with Gasteiger partial charge in [0.05, 0.1) is 6.61 Å². The van der Waals surface area contributed by atoms with E-state index >= 15 is 0 Å². The van der Waals surface area contributed by atoms with E-state index in [0.29, 0.717) is 23.7 Å². The van der Waals surface area contributed by atoms with Crippen molar-refractivity contribution in [2.24, 2.45) is 0 Å². The van der Waals surface area contributed by atoms with Crippen LogP contribution in [0.2, 0.25) is 5.02 Å². The standard InChI is InChI=1S/C11H15ClN2O2/c1-14(3-4-16-2)11-6-9(12)5-10(7-11)13-8-15/h5-8H,3-4H2,1-2H3,(H,13,15). The van der Waals surface area contributed by atoms with Crippen LogP contribution in [0, 0.1) is 0 Å². The van der Waals surface area contributed by atoms with Crippen LogP contribution in [0.4, 0.5) is 11.4 Å². The van der Waals surface area contributed by atoms with Crippen molar-refractivity contribution in [2.75, 3.05) is 37.5 Å². The molecule has 4 nitrogen and oxygen atoms in total. The molecule has 0 radical (unpaired) electrons. The highest BCUT2D eigenvalue weighted by molar-refractivity contribution is 6.31. The van der Waals surface area contributed by atoms with E-state index in [0.717, 1.165) is 12.2 Å². The SMILES string of the molecule is COCCN(C)c1cc(Cl)cc(NC=O)c1. The lowest BCUT2D eigenvalue weighted by molar-refractivity contribution is -0.105. The maximum absolute atomic E-state index is 10.4. The molecule has 0 aromatic heterocycles. The van der Waals surface area contributed by atoms with Crippen LogP contribution in [0.25, 0.3) is 0 Å². The molecular weight excluding hydrogens is 228 g/mol. The van der Waals surface area contributed by atoms with Crippen molar-refractivity contribution in [3.63, 3.8) is 0 Å². The first kappa shape index (κ1) is 12.8. The predicted octanol–water partition coefficient (Wildman–Crippen LogP) is 1.99. The maximum Gasteiger partial charge on any atom is 0.211 e. The average molecular weight is 243 g/mol. The van der Waals surface area contributed by atoms with Crippen molar-refractivity contribution >= 4 is 29.4 Å². The van der Waals surface area contributed by atoms with Crippen LogP contribution in [-0.4, -0.2) is 33.7 Å². The number of amides is 1. The van der Waals surface area contributed by atoms with Crippen LogP contribution in [0.3, 0.4) is 0 Å². The first-order chi connectivity index (χ1) is 7.67. The molecule has 0 spiro atoms. The number of rotatable bonds is 6. The number of hydrogen-bond donors (Lipinski definition) is 1. The minimum atomic E-state index is 0.589. The summed E-state index contributed by atoms with van der Waals surface area (Å²) < 4.78 is 5.00. The molecule has 5 heteroatoms. The van der Waals surface area contributed by atoms with E-state index in [4.69, 9.17) is 16.3 Å². The number of methoxy groups -OCH3 is 1. The predicted molar refractivity (Wildman–Crippen MR) is 66.3 cm³/mol. The van der Waals surface area contributed by atoms with E-state index in [1.54, 1.807) is 13.2 Å². The number of nitrogens with one attached hydrogen (secondary N) is 1. The normalized spacial score (nSPS) is 9.94. The molecule has 0 saturated heterocycles. The number of halogens is 1. The second kappa shape index (κ2) is 6.35. The Labute approximate surface area is 100 Å². The zero-order valence-corrected chi connectivity index (χ0v) is 10.1. The third-order valence-electron chi connectivity index (χ3n) is 2.18. The smallest absolute Gasteiger partial charge is 0.211 e. The Morgan fingerprint density at radius 2 is 2.25 bits per heavy atom. The Hall–Kier alpha value is -1.26. The zero-order chi connectivity index (χ0) is 12.0. The van der Waals surface area contributed by atoms with Crippen molar-refractivity contribution in [3.05, 3.63) is 23.2 Å². The summed E-state index contributed by atoms with van der Waals surface area (Å²) in [5.74, 6) is 0. The lowest BCUT2D eigenvalue weighted by Crippen LogP contribution is -2.22. The molecule has 0 fully saturated rings. The molecule has 1 amide bonds. The minimum absolute atomic E-state index is 0.589. The molecule has 0 aliphatic heterocycles. The molecule has 1 aromatic carbocycles. The highest BCUT2D eigenvalue weighted by Gasteiger charge is 2.04. The van der Waals surface area contributed by atoms with Crippen molar-refractivity contribution in [1.29, 1.82) is 0 Å². The number of anilines is 2. The second-order valence-corrected chi connectivity index (χ2v) is 3.81. The molecule has 0 bridgehead atoms. The monoisotopic (exact) mass is 242 g/mol. The van der Waals surface area contributed by atoms with Crippen molar-refractivity contribution in [1.82, 2.24) is 0 Å². The number of nitrogens with zero attached hydrogens (tertiary/aromatic N) is 1. The number of carbonyl (C=O) groups is 1. The molecule has 1 aromatic rings. The first-order valence-electron chi connectivity index (χ1n) is 4.88. The van der Waals surface area contributed by atoms with Crippen LogP contribution < -0.4 is 10.2 Å². The summed E-state index contributed by atoms with van der Waals surface area (Å²) >= 11 is 5.95. The lowest BCUT2D eigenvalue weighted by atomic mass is 10.2. The van der Waals surface area contributed by atoms with Crippen LogP contribution >= 0.6 is 11.6 Å². The number of likely N-dealkylation sites (N-methyl/N-ethyl adjacent to an activating group) is 1.